The van der Waals surface area contributed by atoms with Crippen molar-refractivity contribution in [3.63, 3.8) is 0 Å². The Balaban J connectivity index is 1.86. The predicted octanol–water partition coefficient (Wildman–Crippen LogP) is 2.48. The molecule has 0 radical (unpaired) electrons. The Kier molecular flexibility index (Phi) is 2.24. The maximum Gasteiger partial charge on any atom is 0.123 e. The van der Waals surface area contributed by atoms with E-state index in [1.54, 1.807) is 19.2 Å². The Morgan fingerprint density at radius 1 is 1.35 bits per heavy atom. The number of halogens is 1. The number of nitrogens with one attached hydrogen (secondary N) is 1. The molecule has 0 amide bonds. The molecule has 2 nitrogen and oxygen atoms in total. The van der Waals surface area contributed by atoms with Gasteiger partial charge in [-0.15, -0.1) is 0 Å². The van der Waals surface area contributed by atoms with Crippen LogP contribution >= 0.6 is 0 Å². The smallest absolute Gasteiger partial charge is 0.123 e. The molecule has 0 heterocycles. The average Bonchev–Trinajstić information content (AvgIpc) is 2.21. The van der Waals surface area contributed by atoms with Gasteiger partial charge in [0.15, 0.2) is 0 Å². The normalized spacial score (nSPS) is 33.8. The van der Waals surface area contributed by atoms with Gasteiger partial charge in [0, 0.05) is 17.5 Å². The van der Waals surface area contributed by atoms with Gasteiger partial charge in [-0.2, -0.15) is 0 Å². The quantitative estimate of drug-likeness (QED) is 0.865. The van der Waals surface area contributed by atoms with Gasteiger partial charge < -0.3 is 10.1 Å². The minimum atomic E-state index is -0.159. The van der Waals surface area contributed by atoms with Crippen LogP contribution in [0, 0.1) is 11.2 Å². The fourth-order valence-corrected chi connectivity index (χ4v) is 3.94. The zero-order valence-corrected chi connectivity index (χ0v) is 10.3. The Hall–Kier alpha value is -1.09. The highest BCUT2D eigenvalue weighted by atomic mass is 19.1. The molecule has 3 aliphatic rings. The molecule has 1 aromatic carbocycles. The van der Waals surface area contributed by atoms with Crippen LogP contribution in [0.3, 0.4) is 0 Å². The minimum absolute atomic E-state index is 0.159. The molecule has 3 heteroatoms. The van der Waals surface area contributed by atoms with Gasteiger partial charge in [-0.3, -0.25) is 0 Å². The first-order chi connectivity index (χ1) is 8.13. The van der Waals surface area contributed by atoms with E-state index in [4.69, 9.17) is 4.74 Å². The van der Waals surface area contributed by atoms with Crippen LogP contribution in [0.2, 0.25) is 0 Å². The van der Waals surface area contributed by atoms with Crippen LogP contribution in [-0.4, -0.2) is 20.7 Å². The van der Waals surface area contributed by atoms with Crippen molar-refractivity contribution in [3.8, 4) is 5.75 Å². The molecule has 3 aliphatic carbocycles. The zero-order chi connectivity index (χ0) is 12.1. The van der Waals surface area contributed by atoms with Crippen molar-refractivity contribution in [2.24, 2.45) is 5.41 Å². The summed E-state index contributed by atoms with van der Waals surface area (Å²) in [4.78, 5) is 0. The molecule has 0 unspecified atom stereocenters. The second-order valence-electron chi connectivity index (χ2n) is 5.69. The fourth-order valence-electron chi connectivity index (χ4n) is 3.94. The van der Waals surface area contributed by atoms with Crippen molar-refractivity contribution in [2.45, 2.75) is 24.7 Å². The van der Waals surface area contributed by atoms with Crippen molar-refractivity contribution >= 4 is 0 Å². The maximum atomic E-state index is 13.4. The highest BCUT2D eigenvalue weighted by Gasteiger charge is 2.68. The number of methoxy groups -OCH3 is 1. The molecule has 0 saturated heterocycles. The Labute approximate surface area is 101 Å². The maximum absolute atomic E-state index is 13.4. The van der Waals surface area contributed by atoms with Crippen molar-refractivity contribution < 1.29 is 9.13 Å². The number of rotatable bonds is 4. The van der Waals surface area contributed by atoms with Crippen molar-refractivity contribution in [1.82, 2.24) is 5.32 Å². The van der Waals surface area contributed by atoms with Crippen LogP contribution in [0.5, 0.6) is 5.75 Å². The van der Waals surface area contributed by atoms with E-state index in [0.717, 1.165) is 17.9 Å². The zero-order valence-electron chi connectivity index (χ0n) is 10.3. The summed E-state index contributed by atoms with van der Waals surface area (Å²) in [5, 5.41) is 3.25. The summed E-state index contributed by atoms with van der Waals surface area (Å²) in [6.07, 6.45) is 3.50. The summed E-state index contributed by atoms with van der Waals surface area (Å²) in [6.45, 7) is 1.08. The molecule has 17 heavy (non-hydrogen) atoms. The second kappa shape index (κ2) is 3.45. The van der Waals surface area contributed by atoms with Crippen LogP contribution in [0.1, 0.15) is 24.8 Å². The largest absolute Gasteiger partial charge is 0.496 e. The first-order valence-electron chi connectivity index (χ1n) is 6.12. The molecule has 2 bridgehead atoms. The molecule has 0 aliphatic heterocycles. The number of benzene rings is 1. The highest BCUT2D eigenvalue weighted by molar-refractivity contribution is 5.47. The SMILES string of the molecule is CNCC12CC(c3cc(F)ccc3OC)(C1)C2. The molecule has 0 atom stereocenters. The van der Waals surface area contributed by atoms with Gasteiger partial charge in [-0.25, -0.2) is 4.39 Å². The van der Waals surface area contributed by atoms with E-state index < -0.39 is 0 Å². The highest BCUT2D eigenvalue weighted by Crippen LogP contribution is 2.74. The van der Waals surface area contributed by atoms with E-state index in [1.807, 2.05) is 7.05 Å². The molecular formula is C14H18FNO. The molecular weight excluding hydrogens is 217 g/mol. The fraction of sp³-hybridized carbons (Fsp3) is 0.571. The summed E-state index contributed by atoms with van der Waals surface area (Å²) < 4.78 is 18.7. The monoisotopic (exact) mass is 235 g/mol. The van der Waals surface area contributed by atoms with Crippen molar-refractivity contribution in [2.75, 3.05) is 20.7 Å². The minimum Gasteiger partial charge on any atom is -0.496 e. The van der Waals surface area contributed by atoms with E-state index in [0.29, 0.717) is 5.41 Å². The second-order valence-corrected chi connectivity index (χ2v) is 5.69. The van der Waals surface area contributed by atoms with Crippen molar-refractivity contribution in [3.05, 3.63) is 29.6 Å². The van der Waals surface area contributed by atoms with Crippen LogP contribution in [0.25, 0.3) is 0 Å². The summed E-state index contributed by atoms with van der Waals surface area (Å²) in [5.74, 6) is 0.678. The van der Waals surface area contributed by atoms with Crippen LogP contribution < -0.4 is 10.1 Å². The van der Waals surface area contributed by atoms with Crippen LogP contribution in [0.4, 0.5) is 4.39 Å². The number of hydrogen-bond acceptors (Lipinski definition) is 2. The third-order valence-electron chi connectivity index (χ3n) is 4.42. The van der Waals surface area contributed by atoms with E-state index >= 15 is 0 Å². The lowest BCUT2D eigenvalue weighted by atomic mass is 9.33. The molecule has 92 valence electrons. The van der Waals surface area contributed by atoms with Crippen molar-refractivity contribution in [1.29, 1.82) is 0 Å². The van der Waals surface area contributed by atoms with Gasteiger partial charge >= 0.3 is 0 Å². The third-order valence-corrected chi connectivity index (χ3v) is 4.42. The first kappa shape index (κ1) is 11.0. The van der Waals surface area contributed by atoms with Gasteiger partial charge in [-0.1, -0.05) is 0 Å². The van der Waals surface area contributed by atoms with Crippen LogP contribution in [0.15, 0.2) is 18.2 Å². The standard InChI is InChI=1S/C14H18FNO/c1-16-9-13-6-14(7-13,8-13)11-5-10(15)3-4-12(11)17-2/h3-5,16H,6-9H2,1-2H3. The molecule has 3 saturated carbocycles. The predicted molar refractivity (Wildman–Crippen MR) is 64.8 cm³/mol. The van der Waals surface area contributed by atoms with Gasteiger partial charge in [0.25, 0.3) is 0 Å². The Morgan fingerprint density at radius 3 is 2.65 bits per heavy atom. The van der Waals surface area contributed by atoms with E-state index in [1.165, 1.54) is 25.3 Å². The molecule has 1 aromatic rings. The Morgan fingerprint density at radius 2 is 2.06 bits per heavy atom. The lowest BCUT2D eigenvalue weighted by Gasteiger charge is -2.71. The summed E-state index contributed by atoms with van der Waals surface area (Å²) in [7, 11) is 3.65. The summed E-state index contributed by atoms with van der Waals surface area (Å²) in [6, 6.07) is 4.87. The van der Waals surface area contributed by atoms with Gasteiger partial charge in [0.1, 0.15) is 11.6 Å². The van der Waals surface area contributed by atoms with Crippen LogP contribution in [-0.2, 0) is 5.41 Å². The molecule has 3 fully saturated rings. The Bertz CT molecular complexity index is 438. The molecule has 0 aromatic heterocycles. The van der Waals surface area contributed by atoms with E-state index in [2.05, 4.69) is 5.32 Å². The number of ether oxygens (including phenoxy) is 1. The topological polar surface area (TPSA) is 21.3 Å². The van der Waals surface area contributed by atoms with E-state index in [9.17, 15) is 4.39 Å². The number of hydrogen-bond donors (Lipinski definition) is 1. The molecule has 4 rings (SSSR count). The first-order valence-corrected chi connectivity index (χ1v) is 6.12. The summed E-state index contributed by atoms with van der Waals surface area (Å²) >= 11 is 0. The van der Waals surface area contributed by atoms with Gasteiger partial charge in [0.2, 0.25) is 0 Å². The third kappa shape index (κ3) is 1.41. The van der Waals surface area contributed by atoms with E-state index in [-0.39, 0.29) is 11.2 Å². The lowest BCUT2D eigenvalue weighted by Crippen LogP contribution is -2.67. The lowest BCUT2D eigenvalue weighted by molar-refractivity contribution is -0.137. The molecule has 1 N–H and O–H groups in total. The summed E-state index contributed by atoms with van der Waals surface area (Å²) in [5.41, 5.74) is 1.74. The average molecular weight is 235 g/mol. The van der Waals surface area contributed by atoms with Gasteiger partial charge in [-0.05, 0) is 49.9 Å². The molecule has 0 spiro atoms. The van der Waals surface area contributed by atoms with Gasteiger partial charge in [0.05, 0.1) is 7.11 Å².